The molecule has 0 radical (unpaired) electrons. The van der Waals surface area contributed by atoms with Gasteiger partial charge in [-0.3, -0.25) is 14.2 Å². The molecule has 2 aromatic carbocycles. The number of nitrogens with two attached hydrogens (primary N) is 1. The lowest BCUT2D eigenvalue weighted by atomic mass is 9.90. The van der Waals surface area contributed by atoms with Gasteiger partial charge in [0, 0.05) is 12.3 Å². The van der Waals surface area contributed by atoms with Gasteiger partial charge in [-0.2, -0.15) is 0 Å². The van der Waals surface area contributed by atoms with E-state index < -0.39 is 11.7 Å². The Morgan fingerprint density at radius 3 is 2.76 bits per heavy atom. The average molecular weight is 415 g/mol. The predicted octanol–water partition coefficient (Wildman–Crippen LogP) is 3.00. The van der Waals surface area contributed by atoms with Gasteiger partial charge in [-0.1, -0.05) is 23.7 Å². The summed E-state index contributed by atoms with van der Waals surface area (Å²) in [6.45, 7) is -0.208. The Hall–Kier alpha value is -3.39. The summed E-state index contributed by atoms with van der Waals surface area (Å²) in [4.78, 5) is 27.7. The first-order valence-electron chi connectivity index (χ1n) is 8.76. The second-order valence-electron chi connectivity index (χ2n) is 6.58. The van der Waals surface area contributed by atoms with E-state index in [0.717, 1.165) is 5.56 Å². The number of hydrogen-bond donors (Lipinski definition) is 2. The van der Waals surface area contributed by atoms with E-state index in [2.05, 4.69) is 10.3 Å². The first-order valence-corrected chi connectivity index (χ1v) is 9.13. The molecule has 0 aliphatic carbocycles. The molecule has 0 saturated heterocycles. The summed E-state index contributed by atoms with van der Waals surface area (Å²) in [6, 6.07) is 11.3. The molecule has 0 unspecified atom stereocenters. The number of aromatic nitrogens is 2. The van der Waals surface area contributed by atoms with Gasteiger partial charge in [0.05, 0.1) is 16.4 Å². The topological polar surface area (TPSA) is 99.2 Å². The molecule has 0 bridgehead atoms. The van der Waals surface area contributed by atoms with Gasteiger partial charge in [-0.05, 0) is 35.9 Å². The van der Waals surface area contributed by atoms with E-state index in [9.17, 15) is 14.0 Å². The van der Waals surface area contributed by atoms with E-state index in [0.29, 0.717) is 22.9 Å². The molecule has 3 N–H and O–H groups in total. The van der Waals surface area contributed by atoms with E-state index in [1.165, 1.54) is 12.1 Å². The van der Waals surface area contributed by atoms with Crippen molar-refractivity contribution in [2.45, 2.75) is 12.3 Å². The lowest BCUT2D eigenvalue weighted by Crippen LogP contribution is -2.25. The monoisotopic (exact) mass is 414 g/mol. The standard InChI is InChI=1S/C20H16ClFN4O3/c21-15-7-12(3-6-16(15)22)26-10-24-19-14(8-18(28)25-20(19)26)11-1-4-13(5-2-11)29-9-17(23)27/h1-7,10,14H,8-9H2,(H2,23,27)(H,25,28)/t14-/m1/s1. The number of amides is 2. The second kappa shape index (κ2) is 7.56. The number of hydrogen-bond acceptors (Lipinski definition) is 4. The first-order chi connectivity index (χ1) is 13.9. The van der Waals surface area contributed by atoms with Crippen molar-refractivity contribution in [2.75, 3.05) is 11.9 Å². The molecule has 0 fully saturated rings. The molecule has 148 valence electrons. The number of nitrogens with one attached hydrogen (secondary N) is 1. The molecule has 29 heavy (non-hydrogen) atoms. The summed E-state index contributed by atoms with van der Waals surface area (Å²) in [6.07, 6.45) is 1.80. The minimum atomic E-state index is -0.561. The van der Waals surface area contributed by atoms with Gasteiger partial charge in [0.25, 0.3) is 5.91 Å². The van der Waals surface area contributed by atoms with Crippen LogP contribution >= 0.6 is 11.6 Å². The minimum absolute atomic E-state index is 0.0183. The maximum Gasteiger partial charge on any atom is 0.255 e. The van der Waals surface area contributed by atoms with Gasteiger partial charge in [0.1, 0.15) is 23.7 Å². The van der Waals surface area contributed by atoms with Crippen LogP contribution in [0.25, 0.3) is 5.69 Å². The van der Waals surface area contributed by atoms with Gasteiger partial charge in [0.15, 0.2) is 6.61 Å². The summed E-state index contributed by atoms with van der Waals surface area (Å²) < 4.78 is 20.4. The Kier molecular flexibility index (Phi) is 4.94. The third kappa shape index (κ3) is 3.79. The maximum atomic E-state index is 13.5. The Morgan fingerprint density at radius 2 is 2.07 bits per heavy atom. The molecule has 1 aliphatic rings. The van der Waals surface area contributed by atoms with E-state index in [4.69, 9.17) is 22.1 Å². The van der Waals surface area contributed by atoms with E-state index in [-0.39, 0.29) is 29.9 Å². The predicted molar refractivity (Wildman–Crippen MR) is 105 cm³/mol. The number of carbonyl (C=O) groups is 2. The number of nitrogens with zero attached hydrogens (tertiary/aromatic N) is 2. The number of imidazole rings is 1. The van der Waals surface area contributed by atoms with E-state index >= 15 is 0 Å². The number of rotatable bonds is 5. The Morgan fingerprint density at radius 1 is 1.31 bits per heavy atom. The Labute approximate surface area is 170 Å². The molecule has 0 spiro atoms. The van der Waals surface area contributed by atoms with E-state index in [1.807, 2.05) is 12.1 Å². The first kappa shape index (κ1) is 18.9. The quantitative estimate of drug-likeness (QED) is 0.670. The highest BCUT2D eigenvalue weighted by Crippen LogP contribution is 2.38. The number of ether oxygens (including phenoxy) is 1. The fourth-order valence-electron chi connectivity index (χ4n) is 3.26. The zero-order valence-corrected chi connectivity index (χ0v) is 15.8. The van der Waals surface area contributed by atoms with Crippen molar-refractivity contribution in [3.63, 3.8) is 0 Å². The third-order valence-electron chi connectivity index (χ3n) is 4.62. The lowest BCUT2D eigenvalue weighted by Gasteiger charge is -2.23. The average Bonchev–Trinajstić information content (AvgIpc) is 3.12. The second-order valence-corrected chi connectivity index (χ2v) is 6.98. The van der Waals surface area contributed by atoms with Crippen molar-refractivity contribution in [2.24, 2.45) is 5.73 Å². The van der Waals surface area contributed by atoms with Gasteiger partial charge in [0.2, 0.25) is 5.91 Å². The highest BCUT2D eigenvalue weighted by molar-refractivity contribution is 6.30. The molecular formula is C20H16ClFN4O3. The fourth-order valence-corrected chi connectivity index (χ4v) is 3.44. The molecule has 2 heterocycles. The minimum Gasteiger partial charge on any atom is -0.484 e. The Bertz CT molecular complexity index is 1100. The van der Waals surface area contributed by atoms with Gasteiger partial charge in [-0.25, -0.2) is 9.37 Å². The molecule has 1 aliphatic heterocycles. The molecule has 9 heteroatoms. The van der Waals surface area contributed by atoms with Crippen LogP contribution in [0.4, 0.5) is 10.2 Å². The van der Waals surface area contributed by atoms with Crippen LogP contribution in [-0.2, 0) is 9.59 Å². The van der Waals surface area contributed by atoms with Gasteiger partial charge >= 0.3 is 0 Å². The van der Waals surface area contributed by atoms with Crippen LogP contribution in [0, 0.1) is 5.82 Å². The van der Waals surface area contributed by atoms with Gasteiger partial charge in [-0.15, -0.1) is 0 Å². The highest BCUT2D eigenvalue weighted by atomic mass is 35.5. The van der Waals surface area contributed by atoms with Crippen LogP contribution < -0.4 is 15.8 Å². The molecule has 3 aromatic rings. The fraction of sp³-hybridized carbons (Fsp3) is 0.150. The number of carbonyl (C=O) groups excluding carboxylic acids is 2. The molecule has 4 rings (SSSR count). The van der Waals surface area contributed by atoms with Gasteiger partial charge < -0.3 is 15.8 Å². The highest BCUT2D eigenvalue weighted by Gasteiger charge is 2.31. The molecular weight excluding hydrogens is 399 g/mol. The van der Waals surface area contributed by atoms with Crippen LogP contribution in [0.15, 0.2) is 48.8 Å². The lowest BCUT2D eigenvalue weighted by molar-refractivity contribution is -0.120. The number of fused-ring (bicyclic) bond motifs is 1. The van der Waals surface area contributed by atoms with Crippen LogP contribution in [0.2, 0.25) is 5.02 Å². The number of halogens is 2. The van der Waals surface area contributed by atoms with Crippen molar-refractivity contribution in [3.05, 3.63) is 70.9 Å². The number of benzene rings is 2. The summed E-state index contributed by atoms with van der Waals surface area (Å²) in [5, 5.41) is 2.82. The Balaban J connectivity index is 1.66. The van der Waals surface area contributed by atoms with Crippen LogP contribution in [0.5, 0.6) is 5.75 Å². The molecule has 2 amide bonds. The van der Waals surface area contributed by atoms with Crippen LogP contribution in [0.3, 0.4) is 0 Å². The molecule has 7 nitrogen and oxygen atoms in total. The SMILES string of the molecule is NC(=O)COc1ccc([C@H]2CC(=O)Nc3c2ncn3-c2ccc(F)c(Cl)c2)cc1. The summed E-state index contributed by atoms with van der Waals surface area (Å²) >= 11 is 5.89. The van der Waals surface area contributed by atoms with Crippen LogP contribution in [0.1, 0.15) is 23.6 Å². The molecule has 1 aromatic heterocycles. The summed E-state index contributed by atoms with van der Waals surface area (Å²) in [5.74, 6) is -0.491. The summed E-state index contributed by atoms with van der Waals surface area (Å²) in [7, 11) is 0. The number of anilines is 1. The van der Waals surface area contributed by atoms with Crippen LogP contribution in [-0.4, -0.2) is 28.0 Å². The smallest absolute Gasteiger partial charge is 0.255 e. The van der Waals surface area contributed by atoms with Crippen molar-refractivity contribution in [1.82, 2.24) is 9.55 Å². The summed E-state index contributed by atoms with van der Waals surface area (Å²) in [5.41, 5.74) is 7.22. The normalized spacial score (nSPS) is 15.5. The molecule has 0 saturated carbocycles. The van der Waals surface area contributed by atoms with E-state index in [1.54, 1.807) is 29.1 Å². The largest absolute Gasteiger partial charge is 0.484 e. The van der Waals surface area contributed by atoms with Crippen molar-refractivity contribution >= 4 is 29.2 Å². The molecule has 1 atom stereocenters. The third-order valence-corrected chi connectivity index (χ3v) is 4.91. The van der Waals surface area contributed by atoms with Crippen molar-refractivity contribution in [3.8, 4) is 11.4 Å². The maximum absolute atomic E-state index is 13.5. The zero-order chi connectivity index (χ0) is 20.5. The number of primary amides is 1. The van der Waals surface area contributed by atoms with Crippen molar-refractivity contribution < 1.29 is 18.7 Å². The van der Waals surface area contributed by atoms with Crippen molar-refractivity contribution in [1.29, 1.82) is 0 Å². The zero-order valence-electron chi connectivity index (χ0n) is 15.1.